The van der Waals surface area contributed by atoms with E-state index in [1.165, 1.54) is 0 Å². The van der Waals surface area contributed by atoms with Gasteiger partial charge in [0.1, 0.15) is 5.38 Å². The zero-order valence-electron chi connectivity index (χ0n) is 12.5. The van der Waals surface area contributed by atoms with Gasteiger partial charge < -0.3 is 5.73 Å². The van der Waals surface area contributed by atoms with Gasteiger partial charge in [-0.25, -0.2) is 0 Å². The van der Waals surface area contributed by atoms with Crippen LogP contribution in [-0.2, 0) is 0 Å². The third-order valence-corrected chi connectivity index (χ3v) is 3.52. The zero-order chi connectivity index (χ0) is 16.5. The summed E-state index contributed by atoms with van der Waals surface area (Å²) in [5.74, 6) is -0.0616. The van der Waals surface area contributed by atoms with Gasteiger partial charge in [-0.1, -0.05) is 60.7 Å². The maximum Gasteiger partial charge on any atom is 0.185 e. The third kappa shape index (κ3) is 5.24. The van der Waals surface area contributed by atoms with Gasteiger partial charge >= 0.3 is 0 Å². The highest BCUT2D eigenvalue weighted by molar-refractivity contribution is 6.33. The first-order valence-corrected chi connectivity index (χ1v) is 7.56. The fraction of sp³-hybridized carbons (Fsp3) is 0.0526. The molecule has 1 unspecified atom stereocenters. The summed E-state index contributed by atoms with van der Waals surface area (Å²) in [6, 6.07) is 22.1. The van der Waals surface area contributed by atoms with Gasteiger partial charge in [0.2, 0.25) is 0 Å². The van der Waals surface area contributed by atoms with Crippen LogP contribution in [0, 0.1) is 0 Å². The van der Waals surface area contributed by atoms with Crippen molar-refractivity contribution < 1.29 is 4.79 Å². The first-order chi connectivity index (χ1) is 11.2. The standard InChI is InChI=1S/C14H11ClO.C5H6N2/c15-13(11-7-3-1-4-8-11)14(16)12-9-5-2-6-10-12;6-5-2-1-3-7-4-5/h1-10,13H;1-4H,6H2. The number of halogens is 1. The van der Waals surface area contributed by atoms with E-state index in [2.05, 4.69) is 4.98 Å². The molecule has 0 spiro atoms. The first kappa shape index (κ1) is 16.7. The number of hydrogen-bond acceptors (Lipinski definition) is 3. The van der Waals surface area contributed by atoms with Crippen LogP contribution in [0.25, 0.3) is 0 Å². The molecule has 23 heavy (non-hydrogen) atoms. The summed E-state index contributed by atoms with van der Waals surface area (Å²) in [4.78, 5) is 15.8. The molecule has 0 saturated carbocycles. The Morgan fingerprint density at radius 3 is 2.00 bits per heavy atom. The first-order valence-electron chi connectivity index (χ1n) is 7.12. The zero-order valence-corrected chi connectivity index (χ0v) is 13.2. The molecule has 116 valence electrons. The smallest absolute Gasteiger partial charge is 0.185 e. The van der Waals surface area contributed by atoms with E-state index in [0.29, 0.717) is 11.3 Å². The van der Waals surface area contributed by atoms with Crippen LogP contribution in [0.4, 0.5) is 5.69 Å². The van der Waals surface area contributed by atoms with Gasteiger partial charge in [-0.3, -0.25) is 9.78 Å². The Morgan fingerprint density at radius 2 is 1.52 bits per heavy atom. The molecule has 0 bridgehead atoms. The molecule has 0 amide bonds. The summed E-state index contributed by atoms with van der Waals surface area (Å²) in [7, 11) is 0. The van der Waals surface area contributed by atoms with E-state index < -0.39 is 5.38 Å². The summed E-state index contributed by atoms with van der Waals surface area (Å²) < 4.78 is 0. The second kappa shape index (κ2) is 8.71. The number of ketones is 1. The molecule has 2 aromatic carbocycles. The van der Waals surface area contributed by atoms with Crippen molar-refractivity contribution in [3.63, 3.8) is 0 Å². The lowest BCUT2D eigenvalue weighted by molar-refractivity contribution is 0.0987. The van der Waals surface area contributed by atoms with Crippen molar-refractivity contribution in [1.82, 2.24) is 4.98 Å². The molecule has 0 radical (unpaired) electrons. The van der Waals surface area contributed by atoms with Crippen LogP contribution in [0.15, 0.2) is 85.2 Å². The number of nitrogen functional groups attached to an aromatic ring is 1. The number of hydrogen-bond donors (Lipinski definition) is 1. The molecule has 3 rings (SSSR count). The van der Waals surface area contributed by atoms with E-state index in [4.69, 9.17) is 17.3 Å². The predicted molar refractivity (Wildman–Crippen MR) is 94.5 cm³/mol. The molecule has 0 aliphatic rings. The minimum Gasteiger partial charge on any atom is -0.397 e. The van der Waals surface area contributed by atoms with Crippen LogP contribution < -0.4 is 5.73 Å². The Bertz CT molecular complexity index is 718. The van der Waals surface area contributed by atoms with Crippen molar-refractivity contribution in [2.75, 3.05) is 5.73 Å². The summed E-state index contributed by atoms with van der Waals surface area (Å²) in [5, 5.41) is -0.608. The Kier molecular flexibility index (Phi) is 6.33. The Labute approximate surface area is 140 Å². The van der Waals surface area contributed by atoms with Gasteiger partial charge in [-0.2, -0.15) is 0 Å². The quantitative estimate of drug-likeness (QED) is 0.569. The number of aromatic nitrogens is 1. The fourth-order valence-electron chi connectivity index (χ4n) is 1.90. The normalized spacial score (nSPS) is 11.0. The average molecular weight is 325 g/mol. The maximum atomic E-state index is 12.0. The summed E-state index contributed by atoms with van der Waals surface area (Å²) >= 11 is 6.14. The molecule has 1 heterocycles. The molecule has 2 N–H and O–H groups in total. The molecule has 4 heteroatoms. The second-order valence-corrected chi connectivity index (χ2v) is 5.23. The molecular formula is C19H17ClN2O. The number of pyridine rings is 1. The molecule has 0 fully saturated rings. The summed E-state index contributed by atoms with van der Waals surface area (Å²) in [5.41, 5.74) is 7.48. The van der Waals surface area contributed by atoms with Crippen LogP contribution >= 0.6 is 11.6 Å². The van der Waals surface area contributed by atoms with Gasteiger partial charge in [-0.15, -0.1) is 11.6 Å². The number of Topliss-reactive ketones (excluding diaryl/α,β-unsaturated/α-hetero) is 1. The predicted octanol–water partition coefficient (Wildman–Crippen LogP) is 4.51. The molecule has 3 nitrogen and oxygen atoms in total. The average Bonchev–Trinajstić information content (AvgIpc) is 2.63. The minimum atomic E-state index is -0.608. The van der Waals surface area contributed by atoms with E-state index in [1.807, 2.05) is 48.5 Å². The van der Waals surface area contributed by atoms with Gasteiger partial charge in [-0.05, 0) is 17.7 Å². The highest BCUT2D eigenvalue weighted by Gasteiger charge is 2.18. The van der Waals surface area contributed by atoms with Gasteiger partial charge in [0.15, 0.2) is 5.78 Å². The number of carbonyl (C=O) groups is 1. The molecule has 0 aliphatic heterocycles. The largest absolute Gasteiger partial charge is 0.397 e. The highest BCUT2D eigenvalue weighted by atomic mass is 35.5. The summed E-state index contributed by atoms with van der Waals surface area (Å²) in [6.45, 7) is 0. The lowest BCUT2D eigenvalue weighted by Crippen LogP contribution is -2.06. The number of nitrogens with two attached hydrogens (primary N) is 1. The number of carbonyl (C=O) groups excluding carboxylic acids is 1. The van der Waals surface area contributed by atoms with E-state index >= 15 is 0 Å². The van der Waals surface area contributed by atoms with Crippen molar-refractivity contribution in [1.29, 1.82) is 0 Å². The van der Waals surface area contributed by atoms with E-state index in [-0.39, 0.29) is 5.78 Å². The van der Waals surface area contributed by atoms with Crippen molar-refractivity contribution >= 4 is 23.1 Å². The monoisotopic (exact) mass is 324 g/mol. The molecule has 0 aliphatic carbocycles. The van der Waals surface area contributed by atoms with Crippen molar-refractivity contribution in [2.24, 2.45) is 0 Å². The lowest BCUT2D eigenvalue weighted by atomic mass is 10.0. The number of alkyl halides is 1. The molecular weight excluding hydrogens is 308 g/mol. The topological polar surface area (TPSA) is 56.0 Å². The van der Waals surface area contributed by atoms with E-state index in [1.54, 1.807) is 36.7 Å². The van der Waals surface area contributed by atoms with Crippen molar-refractivity contribution in [3.8, 4) is 0 Å². The number of anilines is 1. The Morgan fingerprint density at radius 1 is 0.913 bits per heavy atom. The molecule has 0 saturated heterocycles. The SMILES string of the molecule is Nc1cccnc1.O=C(c1ccccc1)C(Cl)c1ccccc1. The second-order valence-electron chi connectivity index (χ2n) is 4.79. The van der Waals surface area contributed by atoms with Crippen LogP contribution in [-0.4, -0.2) is 10.8 Å². The van der Waals surface area contributed by atoms with Gasteiger partial charge in [0.25, 0.3) is 0 Å². The van der Waals surface area contributed by atoms with Crippen LogP contribution in [0.1, 0.15) is 21.3 Å². The van der Waals surface area contributed by atoms with Crippen LogP contribution in [0.5, 0.6) is 0 Å². The van der Waals surface area contributed by atoms with Crippen LogP contribution in [0.3, 0.4) is 0 Å². The van der Waals surface area contributed by atoms with E-state index in [0.717, 1.165) is 5.56 Å². The Hall–Kier alpha value is -2.65. The third-order valence-electron chi connectivity index (χ3n) is 3.07. The minimum absolute atomic E-state index is 0.0616. The Balaban J connectivity index is 0.000000229. The molecule has 3 aromatic rings. The lowest BCUT2D eigenvalue weighted by Gasteiger charge is -2.08. The summed E-state index contributed by atoms with van der Waals surface area (Å²) in [6.07, 6.45) is 3.30. The fourth-order valence-corrected chi connectivity index (χ4v) is 2.17. The number of benzene rings is 2. The number of rotatable bonds is 3. The van der Waals surface area contributed by atoms with Crippen LogP contribution in [0.2, 0.25) is 0 Å². The van der Waals surface area contributed by atoms with Gasteiger partial charge in [0, 0.05) is 18.0 Å². The van der Waals surface area contributed by atoms with Crippen molar-refractivity contribution in [2.45, 2.75) is 5.38 Å². The molecule has 1 aromatic heterocycles. The number of nitrogens with zero attached hydrogens (tertiary/aromatic N) is 1. The van der Waals surface area contributed by atoms with E-state index in [9.17, 15) is 4.79 Å². The molecule has 1 atom stereocenters. The maximum absolute atomic E-state index is 12.0. The highest BCUT2D eigenvalue weighted by Crippen LogP contribution is 2.24. The van der Waals surface area contributed by atoms with Crippen molar-refractivity contribution in [3.05, 3.63) is 96.3 Å². The van der Waals surface area contributed by atoms with Gasteiger partial charge in [0.05, 0.1) is 5.69 Å².